The fraction of sp³-hybridized carbons (Fsp3) is 0.500. The maximum absolute atomic E-state index is 12.4. The van der Waals surface area contributed by atoms with Crippen molar-refractivity contribution in [2.24, 2.45) is 11.8 Å². The molecule has 1 aromatic rings. The molecule has 2 atom stereocenters. The van der Waals surface area contributed by atoms with Crippen LogP contribution in [0.3, 0.4) is 0 Å². The van der Waals surface area contributed by atoms with Gasteiger partial charge in [-0.2, -0.15) is 0 Å². The third-order valence-corrected chi connectivity index (χ3v) is 3.35. The third kappa shape index (κ3) is 4.08. The van der Waals surface area contributed by atoms with E-state index in [-0.39, 0.29) is 11.8 Å². The molecule has 0 saturated heterocycles. The fourth-order valence-electron chi connectivity index (χ4n) is 2.35. The Bertz CT molecular complexity index is 442. The lowest BCUT2D eigenvalue weighted by Gasteiger charge is -2.26. The SMILES string of the molecule is CCCNC(=O)C(c1ccccc1)[C@@H](C(=O)O)C(C)C. The number of rotatable bonds is 7. The van der Waals surface area contributed by atoms with Crippen LogP contribution in [0.4, 0.5) is 0 Å². The van der Waals surface area contributed by atoms with Gasteiger partial charge in [0.05, 0.1) is 11.8 Å². The molecule has 0 spiro atoms. The molecule has 1 amide bonds. The van der Waals surface area contributed by atoms with E-state index in [2.05, 4.69) is 5.32 Å². The highest BCUT2D eigenvalue weighted by atomic mass is 16.4. The number of carboxylic acid groups (broad SMARTS) is 1. The summed E-state index contributed by atoms with van der Waals surface area (Å²) < 4.78 is 0. The van der Waals surface area contributed by atoms with Gasteiger partial charge in [-0.15, -0.1) is 0 Å². The van der Waals surface area contributed by atoms with Crippen LogP contribution in [0.15, 0.2) is 30.3 Å². The lowest BCUT2D eigenvalue weighted by atomic mass is 9.78. The van der Waals surface area contributed by atoms with Gasteiger partial charge in [0.2, 0.25) is 5.91 Å². The Morgan fingerprint density at radius 2 is 1.80 bits per heavy atom. The number of carbonyl (C=O) groups is 2. The monoisotopic (exact) mass is 277 g/mol. The average molecular weight is 277 g/mol. The molecular weight excluding hydrogens is 254 g/mol. The number of hydrogen-bond acceptors (Lipinski definition) is 2. The quantitative estimate of drug-likeness (QED) is 0.805. The summed E-state index contributed by atoms with van der Waals surface area (Å²) in [4.78, 5) is 23.9. The summed E-state index contributed by atoms with van der Waals surface area (Å²) >= 11 is 0. The first-order valence-corrected chi connectivity index (χ1v) is 7.04. The molecule has 0 heterocycles. The molecule has 110 valence electrons. The number of aliphatic carboxylic acids is 1. The van der Waals surface area contributed by atoms with Crippen molar-refractivity contribution in [1.82, 2.24) is 5.32 Å². The van der Waals surface area contributed by atoms with Crippen molar-refractivity contribution in [3.05, 3.63) is 35.9 Å². The zero-order valence-corrected chi connectivity index (χ0v) is 12.3. The third-order valence-electron chi connectivity index (χ3n) is 3.35. The van der Waals surface area contributed by atoms with Gasteiger partial charge in [0.1, 0.15) is 0 Å². The van der Waals surface area contributed by atoms with Crippen LogP contribution in [-0.4, -0.2) is 23.5 Å². The Kier molecular flexibility index (Phi) is 6.22. The average Bonchev–Trinajstić information content (AvgIpc) is 2.42. The molecule has 0 saturated carbocycles. The zero-order chi connectivity index (χ0) is 15.1. The lowest BCUT2D eigenvalue weighted by molar-refractivity contribution is -0.147. The standard InChI is InChI=1S/C16H23NO3/c1-4-10-17-15(18)14(12-8-6-5-7-9-12)13(11(2)3)16(19)20/h5-9,11,13-14H,4,10H2,1-3H3,(H,17,18)(H,19,20)/t13-,14?/m0/s1. The van der Waals surface area contributed by atoms with Gasteiger partial charge in [-0.05, 0) is 17.9 Å². The first-order valence-electron chi connectivity index (χ1n) is 7.04. The largest absolute Gasteiger partial charge is 0.481 e. The summed E-state index contributed by atoms with van der Waals surface area (Å²) in [5.74, 6) is -2.64. The fourth-order valence-corrected chi connectivity index (χ4v) is 2.35. The van der Waals surface area contributed by atoms with Gasteiger partial charge in [-0.1, -0.05) is 51.1 Å². The summed E-state index contributed by atoms with van der Waals surface area (Å²) in [7, 11) is 0. The van der Waals surface area contributed by atoms with Crippen LogP contribution in [-0.2, 0) is 9.59 Å². The molecule has 4 nitrogen and oxygen atoms in total. The van der Waals surface area contributed by atoms with Crippen molar-refractivity contribution >= 4 is 11.9 Å². The second kappa shape index (κ2) is 7.68. The molecule has 20 heavy (non-hydrogen) atoms. The normalized spacial score (nSPS) is 13.8. The second-order valence-corrected chi connectivity index (χ2v) is 5.29. The number of carboxylic acids is 1. The zero-order valence-electron chi connectivity index (χ0n) is 12.3. The number of nitrogens with one attached hydrogen (secondary N) is 1. The summed E-state index contributed by atoms with van der Waals surface area (Å²) in [6.45, 7) is 6.20. The molecule has 0 radical (unpaired) electrons. The minimum atomic E-state index is -0.930. The molecule has 1 rings (SSSR count). The van der Waals surface area contributed by atoms with Crippen LogP contribution in [0.25, 0.3) is 0 Å². The van der Waals surface area contributed by atoms with Crippen LogP contribution in [0.1, 0.15) is 38.7 Å². The maximum atomic E-state index is 12.4. The summed E-state index contributed by atoms with van der Waals surface area (Å²) in [5.41, 5.74) is 0.752. The van der Waals surface area contributed by atoms with Gasteiger partial charge in [-0.3, -0.25) is 9.59 Å². The number of amides is 1. The van der Waals surface area contributed by atoms with Crippen molar-refractivity contribution in [2.45, 2.75) is 33.1 Å². The van der Waals surface area contributed by atoms with Crippen LogP contribution in [0.5, 0.6) is 0 Å². The Morgan fingerprint density at radius 1 is 1.20 bits per heavy atom. The molecule has 0 aliphatic carbocycles. The van der Waals surface area contributed by atoms with Crippen molar-refractivity contribution in [1.29, 1.82) is 0 Å². The van der Waals surface area contributed by atoms with Crippen LogP contribution in [0, 0.1) is 11.8 Å². The Labute approximate surface area is 120 Å². The topological polar surface area (TPSA) is 66.4 Å². The minimum absolute atomic E-state index is 0.120. The highest BCUT2D eigenvalue weighted by molar-refractivity contribution is 5.89. The first-order chi connectivity index (χ1) is 9.49. The van der Waals surface area contributed by atoms with Crippen molar-refractivity contribution in [3.8, 4) is 0 Å². The van der Waals surface area contributed by atoms with Gasteiger partial charge in [0, 0.05) is 6.54 Å². The highest BCUT2D eigenvalue weighted by Crippen LogP contribution is 2.31. The van der Waals surface area contributed by atoms with Gasteiger partial charge in [0.15, 0.2) is 0 Å². The van der Waals surface area contributed by atoms with E-state index in [1.807, 2.05) is 51.1 Å². The van der Waals surface area contributed by atoms with Gasteiger partial charge < -0.3 is 10.4 Å². The summed E-state index contributed by atoms with van der Waals surface area (Å²) in [6.07, 6.45) is 0.826. The Morgan fingerprint density at radius 3 is 2.25 bits per heavy atom. The number of carbonyl (C=O) groups excluding carboxylic acids is 1. The molecule has 2 N–H and O–H groups in total. The molecule has 0 aromatic heterocycles. The van der Waals surface area contributed by atoms with Gasteiger partial charge in [0.25, 0.3) is 0 Å². The molecule has 1 aromatic carbocycles. The van der Waals surface area contributed by atoms with E-state index in [4.69, 9.17) is 0 Å². The number of benzene rings is 1. The van der Waals surface area contributed by atoms with E-state index < -0.39 is 17.8 Å². The van der Waals surface area contributed by atoms with Gasteiger partial charge >= 0.3 is 5.97 Å². The molecule has 4 heteroatoms. The van der Waals surface area contributed by atoms with E-state index in [0.29, 0.717) is 6.54 Å². The molecule has 0 aliphatic heterocycles. The lowest BCUT2D eigenvalue weighted by Crippen LogP contribution is -2.38. The predicted octanol–water partition coefficient (Wildman–Crippen LogP) is 2.65. The van der Waals surface area contributed by atoms with Gasteiger partial charge in [-0.25, -0.2) is 0 Å². The second-order valence-electron chi connectivity index (χ2n) is 5.29. The van der Waals surface area contributed by atoms with Crippen molar-refractivity contribution in [3.63, 3.8) is 0 Å². The first kappa shape index (κ1) is 16.2. The smallest absolute Gasteiger partial charge is 0.307 e. The molecule has 0 bridgehead atoms. The van der Waals surface area contributed by atoms with E-state index in [1.165, 1.54) is 0 Å². The number of hydrogen-bond donors (Lipinski definition) is 2. The summed E-state index contributed by atoms with van der Waals surface area (Å²) in [6, 6.07) is 9.14. The summed E-state index contributed by atoms with van der Waals surface area (Å²) in [5, 5.41) is 12.3. The van der Waals surface area contributed by atoms with E-state index >= 15 is 0 Å². The van der Waals surface area contributed by atoms with Crippen molar-refractivity contribution in [2.75, 3.05) is 6.54 Å². The molecular formula is C16H23NO3. The maximum Gasteiger partial charge on any atom is 0.307 e. The molecule has 0 aliphatic rings. The van der Waals surface area contributed by atoms with Crippen LogP contribution < -0.4 is 5.32 Å². The Balaban J connectivity index is 3.12. The van der Waals surface area contributed by atoms with E-state index in [9.17, 15) is 14.7 Å². The highest BCUT2D eigenvalue weighted by Gasteiger charge is 2.36. The predicted molar refractivity (Wildman–Crippen MR) is 78.4 cm³/mol. The Hall–Kier alpha value is -1.84. The molecule has 1 unspecified atom stereocenters. The van der Waals surface area contributed by atoms with Crippen molar-refractivity contribution < 1.29 is 14.7 Å². The van der Waals surface area contributed by atoms with Crippen LogP contribution in [0.2, 0.25) is 0 Å². The van der Waals surface area contributed by atoms with E-state index in [1.54, 1.807) is 0 Å². The molecule has 0 fully saturated rings. The van der Waals surface area contributed by atoms with E-state index in [0.717, 1.165) is 12.0 Å². The minimum Gasteiger partial charge on any atom is -0.481 e. The van der Waals surface area contributed by atoms with Crippen LogP contribution >= 0.6 is 0 Å².